The molecule has 0 aromatic heterocycles. The Balaban J connectivity index is 1.94. The second kappa shape index (κ2) is 12.7. The van der Waals surface area contributed by atoms with Crippen molar-refractivity contribution in [1.29, 1.82) is 0 Å². The minimum Gasteiger partial charge on any atom is -0.493 e. The molecule has 29 heavy (non-hydrogen) atoms. The highest BCUT2D eigenvalue weighted by molar-refractivity contribution is 5.79. The molecule has 0 bridgehead atoms. The second-order valence-corrected chi connectivity index (χ2v) is 8.01. The van der Waals surface area contributed by atoms with E-state index in [-0.39, 0.29) is 0 Å². The molecule has 0 spiro atoms. The summed E-state index contributed by atoms with van der Waals surface area (Å²) < 4.78 is 11.6. The number of ether oxygens (including phenoxy) is 2. The lowest BCUT2D eigenvalue weighted by molar-refractivity contribution is 0.166. The van der Waals surface area contributed by atoms with E-state index in [4.69, 9.17) is 14.5 Å². The summed E-state index contributed by atoms with van der Waals surface area (Å²) in [5.74, 6) is 2.28. The van der Waals surface area contributed by atoms with Gasteiger partial charge in [-0.2, -0.15) is 0 Å². The third-order valence-corrected chi connectivity index (χ3v) is 5.57. The van der Waals surface area contributed by atoms with Crippen molar-refractivity contribution in [3.63, 3.8) is 0 Å². The summed E-state index contributed by atoms with van der Waals surface area (Å²) in [7, 11) is 2.17. The molecule has 2 N–H and O–H groups in total. The average Bonchev–Trinajstić information content (AvgIpc) is 3.24. The van der Waals surface area contributed by atoms with Gasteiger partial charge < -0.3 is 25.0 Å². The van der Waals surface area contributed by atoms with Crippen molar-refractivity contribution in [1.82, 2.24) is 15.5 Å². The van der Waals surface area contributed by atoms with Gasteiger partial charge in [0.05, 0.1) is 19.8 Å². The van der Waals surface area contributed by atoms with Gasteiger partial charge in [0.15, 0.2) is 5.96 Å². The number of nitrogens with zero attached hydrogens (tertiary/aromatic N) is 2. The van der Waals surface area contributed by atoms with Gasteiger partial charge in [-0.15, -0.1) is 0 Å². The maximum absolute atomic E-state index is 6.15. The number of hydrogen-bond acceptors (Lipinski definition) is 4. The van der Waals surface area contributed by atoms with Crippen molar-refractivity contribution in [2.45, 2.75) is 53.1 Å². The molecule has 0 aliphatic carbocycles. The van der Waals surface area contributed by atoms with Crippen LogP contribution in [0.4, 0.5) is 0 Å². The van der Waals surface area contributed by atoms with Crippen molar-refractivity contribution < 1.29 is 9.47 Å². The topological polar surface area (TPSA) is 58.1 Å². The van der Waals surface area contributed by atoms with E-state index in [2.05, 4.69) is 68.5 Å². The highest BCUT2D eigenvalue weighted by Crippen LogP contribution is 2.23. The summed E-state index contributed by atoms with van der Waals surface area (Å²) in [4.78, 5) is 7.16. The lowest BCUT2D eigenvalue weighted by Gasteiger charge is -2.24. The summed E-state index contributed by atoms with van der Waals surface area (Å²) in [6.07, 6.45) is 2.24. The Kier molecular flexibility index (Phi) is 10.3. The molecule has 6 nitrogen and oxygen atoms in total. The van der Waals surface area contributed by atoms with E-state index in [0.717, 1.165) is 63.0 Å². The summed E-state index contributed by atoms with van der Waals surface area (Å²) in [6.45, 7) is 14.3. The molecule has 2 rings (SSSR count). The Bertz CT molecular complexity index is 629. The van der Waals surface area contributed by atoms with Crippen LogP contribution in [0.1, 0.15) is 44.7 Å². The van der Waals surface area contributed by atoms with Gasteiger partial charge >= 0.3 is 0 Å². The number of likely N-dealkylation sites (N-methyl/N-ethyl adjacent to an activating group) is 1. The molecule has 164 valence electrons. The molecule has 1 fully saturated rings. The third-order valence-electron chi connectivity index (χ3n) is 5.57. The second-order valence-electron chi connectivity index (χ2n) is 8.01. The van der Waals surface area contributed by atoms with Crippen LogP contribution in [0.2, 0.25) is 0 Å². The summed E-state index contributed by atoms with van der Waals surface area (Å²) >= 11 is 0. The Labute approximate surface area is 177 Å². The zero-order valence-corrected chi connectivity index (χ0v) is 19.0. The molecule has 1 aromatic carbocycles. The molecule has 1 saturated heterocycles. The van der Waals surface area contributed by atoms with Crippen LogP contribution < -0.4 is 15.4 Å². The normalized spacial score (nSPS) is 18.1. The number of hydrogen-bond donors (Lipinski definition) is 2. The van der Waals surface area contributed by atoms with Crippen LogP contribution in [0.3, 0.4) is 0 Å². The Morgan fingerprint density at radius 2 is 2.17 bits per heavy atom. The lowest BCUT2D eigenvalue weighted by Crippen LogP contribution is -2.42. The highest BCUT2D eigenvalue weighted by atomic mass is 16.5. The summed E-state index contributed by atoms with van der Waals surface area (Å²) in [6, 6.07) is 6.95. The molecule has 1 aromatic rings. The molecule has 0 saturated carbocycles. The number of aliphatic imine (C=N–C) groups is 1. The van der Waals surface area contributed by atoms with Crippen LogP contribution in [0, 0.1) is 12.8 Å². The molecule has 6 heteroatoms. The van der Waals surface area contributed by atoms with Crippen molar-refractivity contribution in [2.75, 3.05) is 46.5 Å². The SMILES string of the molecule is CCNC(=NCc1ccc(C)cc1OCC1CCOC1)NCCN(C)C(C)CC. The first-order chi connectivity index (χ1) is 14.0. The minimum absolute atomic E-state index is 0.494. The Morgan fingerprint density at radius 3 is 2.86 bits per heavy atom. The molecular weight excluding hydrogens is 364 g/mol. The fourth-order valence-corrected chi connectivity index (χ4v) is 3.24. The zero-order chi connectivity index (χ0) is 21.1. The van der Waals surface area contributed by atoms with Gasteiger partial charge in [0.1, 0.15) is 5.75 Å². The average molecular weight is 405 g/mol. The molecule has 0 radical (unpaired) electrons. The molecule has 1 aliphatic heterocycles. The van der Waals surface area contributed by atoms with Crippen LogP contribution in [-0.4, -0.2) is 63.4 Å². The van der Waals surface area contributed by atoms with E-state index in [1.807, 2.05) is 0 Å². The Hall–Kier alpha value is -1.79. The van der Waals surface area contributed by atoms with Gasteiger partial charge in [-0.1, -0.05) is 19.1 Å². The quantitative estimate of drug-likeness (QED) is 0.438. The lowest BCUT2D eigenvalue weighted by atomic mass is 10.1. The largest absolute Gasteiger partial charge is 0.493 e. The first-order valence-electron chi connectivity index (χ1n) is 11.1. The van der Waals surface area contributed by atoms with Gasteiger partial charge in [-0.3, -0.25) is 0 Å². The molecule has 2 atom stereocenters. The van der Waals surface area contributed by atoms with Crippen LogP contribution in [0.15, 0.2) is 23.2 Å². The van der Waals surface area contributed by atoms with Crippen LogP contribution in [-0.2, 0) is 11.3 Å². The smallest absolute Gasteiger partial charge is 0.191 e. The van der Waals surface area contributed by atoms with E-state index in [1.54, 1.807) is 0 Å². The fraction of sp³-hybridized carbons (Fsp3) is 0.696. The van der Waals surface area contributed by atoms with E-state index in [9.17, 15) is 0 Å². The summed E-state index contributed by atoms with van der Waals surface area (Å²) in [5.41, 5.74) is 2.32. The van der Waals surface area contributed by atoms with E-state index in [0.29, 0.717) is 25.1 Å². The third kappa shape index (κ3) is 8.23. The van der Waals surface area contributed by atoms with Crippen molar-refractivity contribution in [3.05, 3.63) is 29.3 Å². The fourth-order valence-electron chi connectivity index (χ4n) is 3.24. The van der Waals surface area contributed by atoms with Crippen LogP contribution in [0.25, 0.3) is 0 Å². The van der Waals surface area contributed by atoms with E-state index >= 15 is 0 Å². The van der Waals surface area contributed by atoms with Crippen molar-refractivity contribution >= 4 is 5.96 Å². The monoisotopic (exact) mass is 404 g/mol. The van der Waals surface area contributed by atoms with Crippen LogP contribution in [0.5, 0.6) is 5.75 Å². The predicted molar refractivity (Wildman–Crippen MR) is 121 cm³/mol. The number of rotatable bonds is 11. The maximum Gasteiger partial charge on any atom is 0.191 e. The summed E-state index contributed by atoms with van der Waals surface area (Å²) in [5, 5.41) is 6.79. The number of guanidine groups is 1. The van der Waals surface area contributed by atoms with E-state index < -0.39 is 0 Å². The van der Waals surface area contributed by atoms with Gasteiger partial charge in [0.2, 0.25) is 0 Å². The predicted octanol–water partition coefficient (Wildman–Crippen LogP) is 3.20. The maximum atomic E-state index is 6.15. The minimum atomic E-state index is 0.494. The first-order valence-corrected chi connectivity index (χ1v) is 11.1. The first kappa shape index (κ1) is 23.5. The zero-order valence-electron chi connectivity index (χ0n) is 19.0. The Morgan fingerprint density at radius 1 is 1.34 bits per heavy atom. The molecule has 1 aliphatic rings. The van der Waals surface area contributed by atoms with E-state index in [1.165, 1.54) is 5.56 Å². The molecule has 0 amide bonds. The van der Waals surface area contributed by atoms with Crippen molar-refractivity contribution in [2.24, 2.45) is 10.9 Å². The number of aryl methyl sites for hydroxylation is 1. The van der Waals surface area contributed by atoms with Gasteiger partial charge in [-0.25, -0.2) is 4.99 Å². The molecule has 2 unspecified atom stereocenters. The standard InChI is InChI=1S/C23H40N4O2/c1-6-19(4)27(5)12-11-25-23(24-7-2)26-15-21-9-8-18(3)14-22(21)29-17-20-10-13-28-16-20/h8-9,14,19-20H,6-7,10-13,15-17H2,1-5H3,(H2,24,25,26). The molecular formula is C23H40N4O2. The molecule has 1 heterocycles. The van der Waals surface area contributed by atoms with Gasteiger partial charge in [0.25, 0.3) is 0 Å². The van der Waals surface area contributed by atoms with Gasteiger partial charge in [0, 0.05) is 43.8 Å². The van der Waals surface area contributed by atoms with Gasteiger partial charge in [-0.05, 0) is 52.3 Å². The van der Waals surface area contributed by atoms with Crippen LogP contribution >= 0.6 is 0 Å². The highest BCUT2D eigenvalue weighted by Gasteiger charge is 2.17. The number of nitrogens with one attached hydrogen (secondary N) is 2. The van der Waals surface area contributed by atoms with Crippen molar-refractivity contribution in [3.8, 4) is 5.75 Å². The number of benzene rings is 1.